The first-order chi connectivity index (χ1) is 11.7. The minimum atomic E-state index is -0.463. The summed E-state index contributed by atoms with van der Waals surface area (Å²) in [6.07, 6.45) is 7.61. The number of benzene rings is 1. The van der Waals surface area contributed by atoms with E-state index in [-0.39, 0.29) is 11.6 Å². The van der Waals surface area contributed by atoms with Crippen LogP contribution in [0.1, 0.15) is 28.0 Å². The van der Waals surface area contributed by atoms with Crippen LogP contribution in [0, 0.1) is 5.82 Å². The van der Waals surface area contributed by atoms with Crippen molar-refractivity contribution in [2.24, 2.45) is 0 Å². The number of rotatable bonds is 2. The fraction of sp³-hybridized carbons (Fsp3) is 0.167. The Kier molecular flexibility index (Phi) is 3.57. The Morgan fingerprint density at radius 1 is 1.25 bits per heavy atom. The zero-order valence-electron chi connectivity index (χ0n) is 12.8. The molecule has 0 atom stereocenters. The van der Waals surface area contributed by atoms with E-state index in [0.29, 0.717) is 5.56 Å². The molecule has 1 aliphatic carbocycles. The average molecular weight is 322 g/mol. The largest absolute Gasteiger partial charge is 0.364 e. The third-order valence-corrected chi connectivity index (χ3v) is 4.23. The van der Waals surface area contributed by atoms with Gasteiger partial charge in [0.25, 0.3) is 5.91 Å². The third kappa shape index (κ3) is 2.46. The number of fused-ring (bicyclic) bond motifs is 3. The zero-order chi connectivity index (χ0) is 16.5. The van der Waals surface area contributed by atoms with Crippen molar-refractivity contribution in [1.29, 1.82) is 0 Å². The second kappa shape index (κ2) is 5.88. The van der Waals surface area contributed by atoms with Crippen molar-refractivity contribution in [3.05, 3.63) is 65.6 Å². The lowest BCUT2D eigenvalue weighted by atomic mass is 10.0. The van der Waals surface area contributed by atoms with Crippen molar-refractivity contribution in [3.8, 4) is 11.3 Å². The molecule has 5 nitrogen and oxygen atoms in total. The average Bonchev–Trinajstić information content (AvgIpc) is 2.93. The highest BCUT2D eigenvalue weighted by molar-refractivity contribution is 6.09. The van der Waals surface area contributed by atoms with Crippen LogP contribution >= 0.6 is 0 Å². The van der Waals surface area contributed by atoms with Gasteiger partial charge in [0.2, 0.25) is 0 Å². The molecule has 3 aromatic rings. The van der Waals surface area contributed by atoms with Gasteiger partial charge in [0.05, 0.1) is 16.9 Å². The molecule has 0 aliphatic heterocycles. The number of para-hydroxylation sites is 1. The fourth-order valence-electron chi connectivity index (χ4n) is 3.09. The van der Waals surface area contributed by atoms with Gasteiger partial charge >= 0.3 is 0 Å². The Morgan fingerprint density at radius 2 is 2.12 bits per heavy atom. The van der Waals surface area contributed by atoms with Crippen molar-refractivity contribution in [2.45, 2.75) is 19.3 Å². The number of amides is 1. The van der Waals surface area contributed by atoms with Crippen molar-refractivity contribution >= 4 is 11.6 Å². The predicted molar refractivity (Wildman–Crippen MR) is 88.2 cm³/mol. The summed E-state index contributed by atoms with van der Waals surface area (Å²) >= 11 is 0. The van der Waals surface area contributed by atoms with Crippen LogP contribution in [0.25, 0.3) is 11.3 Å². The van der Waals surface area contributed by atoms with Crippen LogP contribution in [0.2, 0.25) is 0 Å². The molecule has 120 valence electrons. The van der Waals surface area contributed by atoms with Crippen LogP contribution in [-0.2, 0) is 12.8 Å². The zero-order valence-corrected chi connectivity index (χ0v) is 12.8. The molecule has 0 bridgehead atoms. The van der Waals surface area contributed by atoms with E-state index < -0.39 is 5.82 Å². The van der Waals surface area contributed by atoms with Gasteiger partial charge in [-0.1, -0.05) is 12.1 Å². The van der Waals surface area contributed by atoms with E-state index in [9.17, 15) is 9.18 Å². The number of aryl methyl sites for hydroxylation is 2. The predicted octanol–water partition coefficient (Wildman–Crippen LogP) is 3.35. The molecule has 2 heterocycles. The summed E-state index contributed by atoms with van der Waals surface area (Å²) < 4.78 is 13.8. The molecule has 6 heteroatoms. The Hall–Kier alpha value is -3.02. The van der Waals surface area contributed by atoms with Crippen LogP contribution in [0.15, 0.2) is 43.0 Å². The van der Waals surface area contributed by atoms with Gasteiger partial charge < -0.3 is 10.3 Å². The summed E-state index contributed by atoms with van der Waals surface area (Å²) in [5.41, 5.74) is 4.20. The normalized spacial score (nSPS) is 12.9. The first-order valence-electron chi connectivity index (χ1n) is 7.79. The summed E-state index contributed by atoms with van der Waals surface area (Å²) in [5, 5.41) is 2.64. The highest BCUT2D eigenvalue weighted by atomic mass is 19.1. The number of carbonyl (C=O) groups is 1. The third-order valence-electron chi connectivity index (χ3n) is 4.23. The molecule has 1 aliphatic rings. The SMILES string of the molecule is O=C(Nc1ccccc1F)c1c[nH]c2c1-c1ncncc1CCC2. The van der Waals surface area contributed by atoms with Gasteiger partial charge in [0, 0.05) is 23.7 Å². The number of hydrogen-bond donors (Lipinski definition) is 2. The number of nitrogens with one attached hydrogen (secondary N) is 2. The van der Waals surface area contributed by atoms with Crippen LogP contribution in [-0.4, -0.2) is 20.9 Å². The lowest BCUT2D eigenvalue weighted by Crippen LogP contribution is -2.13. The maximum absolute atomic E-state index is 13.8. The van der Waals surface area contributed by atoms with Gasteiger partial charge in [0.1, 0.15) is 12.1 Å². The van der Waals surface area contributed by atoms with Crippen LogP contribution in [0.4, 0.5) is 10.1 Å². The quantitative estimate of drug-likeness (QED) is 0.760. The Balaban J connectivity index is 1.76. The van der Waals surface area contributed by atoms with Gasteiger partial charge in [-0.2, -0.15) is 0 Å². The van der Waals surface area contributed by atoms with Crippen LogP contribution < -0.4 is 5.32 Å². The summed E-state index contributed by atoms with van der Waals surface area (Å²) in [7, 11) is 0. The molecule has 1 amide bonds. The number of hydrogen-bond acceptors (Lipinski definition) is 3. The molecule has 1 aromatic carbocycles. The van der Waals surface area contributed by atoms with Crippen LogP contribution in [0.3, 0.4) is 0 Å². The molecule has 0 spiro atoms. The van der Waals surface area contributed by atoms with Crippen molar-refractivity contribution < 1.29 is 9.18 Å². The van der Waals surface area contributed by atoms with Crippen molar-refractivity contribution in [1.82, 2.24) is 15.0 Å². The molecule has 2 N–H and O–H groups in total. The summed E-state index contributed by atoms with van der Waals surface area (Å²) in [5.74, 6) is -0.820. The molecule has 0 fully saturated rings. The van der Waals surface area contributed by atoms with Crippen molar-refractivity contribution in [3.63, 3.8) is 0 Å². The Morgan fingerprint density at radius 3 is 3.00 bits per heavy atom. The Bertz CT molecular complexity index is 919. The first kappa shape index (κ1) is 14.6. The fourth-order valence-corrected chi connectivity index (χ4v) is 3.09. The maximum Gasteiger partial charge on any atom is 0.257 e. The summed E-state index contributed by atoms with van der Waals surface area (Å²) in [6.45, 7) is 0. The smallest absolute Gasteiger partial charge is 0.257 e. The lowest BCUT2D eigenvalue weighted by Gasteiger charge is -2.09. The molecule has 0 saturated heterocycles. The van der Waals surface area contributed by atoms with E-state index in [1.807, 2.05) is 0 Å². The number of halogens is 1. The highest BCUT2D eigenvalue weighted by Gasteiger charge is 2.24. The maximum atomic E-state index is 13.8. The summed E-state index contributed by atoms with van der Waals surface area (Å²) in [6, 6.07) is 6.11. The Labute approximate surface area is 138 Å². The number of aromatic amines is 1. The van der Waals surface area contributed by atoms with Gasteiger partial charge in [-0.05, 0) is 37.0 Å². The number of nitrogens with zero attached hydrogens (tertiary/aromatic N) is 2. The molecule has 0 unspecified atom stereocenters. The number of H-pyrrole nitrogens is 1. The standard InChI is InChI=1S/C18H15FN4O/c19-13-5-1-2-6-14(13)23-18(24)12-9-21-15-7-3-4-11-8-20-10-22-17(11)16(12)15/h1-2,5-6,8-10,21H,3-4,7H2,(H,23,24). The van der Waals surface area contributed by atoms with E-state index in [4.69, 9.17) is 0 Å². The van der Waals surface area contributed by atoms with E-state index in [2.05, 4.69) is 20.3 Å². The van der Waals surface area contributed by atoms with E-state index in [1.165, 1.54) is 18.5 Å². The van der Waals surface area contributed by atoms with Crippen molar-refractivity contribution in [2.75, 3.05) is 5.32 Å². The van der Waals surface area contributed by atoms with Gasteiger partial charge in [-0.25, -0.2) is 14.4 Å². The number of aromatic nitrogens is 3. The monoisotopic (exact) mass is 322 g/mol. The molecular weight excluding hydrogens is 307 g/mol. The van der Waals surface area contributed by atoms with E-state index >= 15 is 0 Å². The number of carbonyl (C=O) groups excluding carboxylic acids is 1. The molecular formula is C18H15FN4O. The lowest BCUT2D eigenvalue weighted by molar-refractivity contribution is 0.102. The topological polar surface area (TPSA) is 70.7 Å². The van der Waals surface area contributed by atoms with Gasteiger partial charge in [0.15, 0.2) is 0 Å². The molecule has 2 aromatic heterocycles. The van der Waals surface area contributed by atoms with E-state index in [0.717, 1.165) is 41.8 Å². The molecule has 24 heavy (non-hydrogen) atoms. The molecule has 0 radical (unpaired) electrons. The van der Waals surface area contributed by atoms with Gasteiger partial charge in [-0.3, -0.25) is 4.79 Å². The van der Waals surface area contributed by atoms with Crippen LogP contribution in [0.5, 0.6) is 0 Å². The second-order valence-electron chi connectivity index (χ2n) is 5.74. The van der Waals surface area contributed by atoms with E-state index in [1.54, 1.807) is 24.5 Å². The number of anilines is 1. The minimum absolute atomic E-state index is 0.161. The first-order valence-corrected chi connectivity index (χ1v) is 7.79. The summed E-state index contributed by atoms with van der Waals surface area (Å²) in [4.78, 5) is 24.3. The second-order valence-corrected chi connectivity index (χ2v) is 5.74. The minimum Gasteiger partial charge on any atom is -0.364 e. The van der Waals surface area contributed by atoms with Gasteiger partial charge in [-0.15, -0.1) is 0 Å². The highest BCUT2D eigenvalue weighted by Crippen LogP contribution is 2.33. The molecule has 4 rings (SSSR count). The molecule has 0 saturated carbocycles.